The predicted octanol–water partition coefficient (Wildman–Crippen LogP) is 4.53. The van der Waals surface area contributed by atoms with Crippen LogP contribution >= 0.6 is 11.3 Å². The van der Waals surface area contributed by atoms with Gasteiger partial charge in [-0.1, -0.05) is 43.4 Å². The normalized spacial score (nSPS) is 16.8. The highest BCUT2D eigenvalue weighted by molar-refractivity contribution is 7.89. The maximum atomic E-state index is 13.6. The zero-order chi connectivity index (χ0) is 26.0. The maximum absolute atomic E-state index is 13.6. The second kappa shape index (κ2) is 10.5. The van der Waals surface area contributed by atoms with Gasteiger partial charge in [0.15, 0.2) is 13.2 Å². The van der Waals surface area contributed by atoms with E-state index in [1.54, 1.807) is 0 Å². The van der Waals surface area contributed by atoms with Crippen LogP contribution in [0.4, 0.5) is 5.69 Å². The van der Waals surface area contributed by atoms with Crippen molar-refractivity contribution in [2.45, 2.75) is 63.0 Å². The zero-order valence-corrected chi connectivity index (χ0v) is 23.2. The van der Waals surface area contributed by atoms with Crippen molar-refractivity contribution >= 4 is 35.4 Å². The number of hydrogen-bond donors (Lipinski definition) is 1. The number of fused-ring (bicyclic) bond motifs is 1. The highest BCUT2D eigenvalue weighted by atomic mass is 32.2. The Balaban J connectivity index is 1.98. The van der Waals surface area contributed by atoms with Crippen molar-refractivity contribution in [2.24, 2.45) is 0 Å². The molecule has 192 valence electrons. The van der Waals surface area contributed by atoms with Gasteiger partial charge in [-0.15, -0.1) is 17.9 Å². The number of hydroxylamine groups is 1. The summed E-state index contributed by atoms with van der Waals surface area (Å²) in [4.78, 5) is 21.4. The molecule has 13 heteroatoms. The van der Waals surface area contributed by atoms with E-state index < -0.39 is 39.9 Å². The fourth-order valence-corrected chi connectivity index (χ4v) is 7.03. The van der Waals surface area contributed by atoms with Gasteiger partial charge in [-0.2, -0.15) is 0 Å². The Bertz CT molecular complexity index is 1190. The summed E-state index contributed by atoms with van der Waals surface area (Å²) in [6.45, 7) is 15.4. The summed E-state index contributed by atoms with van der Waals surface area (Å²) in [5, 5.41) is 15.5. The van der Waals surface area contributed by atoms with Gasteiger partial charge in [0.2, 0.25) is 0 Å². The Hall–Kier alpha value is -2.00. The van der Waals surface area contributed by atoms with Gasteiger partial charge in [0, 0.05) is 19.2 Å². The van der Waals surface area contributed by atoms with Gasteiger partial charge in [-0.05, 0) is 24.2 Å². The summed E-state index contributed by atoms with van der Waals surface area (Å²) in [6, 6.07) is 4.47. The first kappa shape index (κ1) is 27.6. The van der Waals surface area contributed by atoms with Crippen molar-refractivity contribution in [2.75, 3.05) is 13.2 Å². The van der Waals surface area contributed by atoms with Crippen LogP contribution in [0.2, 0.25) is 18.1 Å². The Morgan fingerprint density at radius 2 is 2.06 bits per heavy atom. The average molecular weight is 541 g/mol. The minimum Gasteiger partial charge on any atom is -0.410 e. The van der Waals surface area contributed by atoms with Crippen LogP contribution in [0.3, 0.4) is 0 Å². The smallest absolute Gasteiger partial charge is 0.289 e. The SMILES string of the molecule is C=CCON(C1CNCc2nc(CO[Si](C)(C)C(C)(C)C)sc21)S(=O)(=O)c1ccccc1[N+](=O)[O-]. The van der Waals surface area contributed by atoms with Gasteiger partial charge in [0.05, 0.1) is 28.7 Å². The van der Waals surface area contributed by atoms with Crippen molar-refractivity contribution in [3.05, 3.63) is 62.6 Å². The molecular weight excluding hydrogens is 508 g/mol. The molecule has 1 unspecified atom stereocenters. The first-order valence-electron chi connectivity index (χ1n) is 11.1. The topological polar surface area (TPSA) is 124 Å². The Labute approximate surface area is 211 Å². The average Bonchev–Trinajstić information content (AvgIpc) is 3.21. The number of para-hydroxylation sites is 1. The van der Waals surface area contributed by atoms with E-state index in [2.05, 4.69) is 45.8 Å². The van der Waals surface area contributed by atoms with E-state index in [4.69, 9.17) is 14.2 Å². The fraction of sp³-hybridized carbons (Fsp3) is 0.500. The Kier molecular flexibility index (Phi) is 8.31. The molecule has 0 spiro atoms. The molecule has 0 radical (unpaired) electrons. The molecular formula is C22H32N4O6S2Si. The molecule has 35 heavy (non-hydrogen) atoms. The number of nitrogens with one attached hydrogen (secondary N) is 1. The van der Waals surface area contributed by atoms with Gasteiger partial charge < -0.3 is 9.74 Å². The number of nitro benzene ring substituents is 1. The molecule has 0 saturated heterocycles. The molecule has 1 atom stereocenters. The van der Waals surface area contributed by atoms with Crippen molar-refractivity contribution in [1.29, 1.82) is 0 Å². The number of nitro groups is 1. The summed E-state index contributed by atoms with van der Waals surface area (Å²) in [5.74, 6) is 0. The first-order valence-corrected chi connectivity index (χ1v) is 16.3. The van der Waals surface area contributed by atoms with Gasteiger partial charge >= 0.3 is 0 Å². The minimum atomic E-state index is -4.40. The monoisotopic (exact) mass is 540 g/mol. The number of benzene rings is 1. The van der Waals surface area contributed by atoms with E-state index in [1.165, 1.54) is 35.6 Å². The second-order valence-corrected chi connectivity index (χ2v) is 17.4. The van der Waals surface area contributed by atoms with E-state index in [0.29, 0.717) is 18.8 Å². The van der Waals surface area contributed by atoms with Crippen molar-refractivity contribution in [3.8, 4) is 0 Å². The molecule has 1 aromatic carbocycles. The lowest BCUT2D eigenvalue weighted by molar-refractivity contribution is -0.388. The number of sulfonamides is 1. The molecule has 0 fully saturated rings. The standard InChI is InChI=1S/C22H32N4O6S2Si/c1-7-12-31-26(34(29,30)19-11-9-8-10-17(19)25(27)28)18-14-23-13-16-21(18)33-20(24-16)15-32-35(5,6)22(2,3)4/h7-11,18,23H,1,12-15H2,2-6H3. The fourth-order valence-electron chi connectivity index (χ4n) is 3.29. The summed E-state index contributed by atoms with van der Waals surface area (Å²) < 4.78 is 34.5. The third kappa shape index (κ3) is 5.88. The van der Waals surface area contributed by atoms with Crippen LogP contribution in [0, 0.1) is 10.1 Å². The molecule has 10 nitrogen and oxygen atoms in total. The van der Waals surface area contributed by atoms with Crippen molar-refractivity contribution < 1.29 is 22.6 Å². The molecule has 1 N–H and O–H groups in total. The molecule has 2 heterocycles. The lowest BCUT2D eigenvalue weighted by Gasteiger charge is -2.35. The maximum Gasteiger partial charge on any atom is 0.289 e. The predicted molar refractivity (Wildman–Crippen MR) is 137 cm³/mol. The molecule has 0 saturated carbocycles. The van der Waals surface area contributed by atoms with Crippen LogP contribution < -0.4 is 5.32 Å². The van der Waals surface area contributed by atoms with Crippen LogP contribution in [-0.4, -0.2) is 44.3 Å². The highest BCUT2D eigenvalue weighted by Gasteiger charge is 2.41. The van der Waals surface area contributed by atoms with Crippen LogP contribution in [0.5, 0.6) is 0 Å². The van der Waals surface area contributed by atoms with Crippen LogP contribution in [0.25, 0.3) is 0 Å². The van der Waals surface area contributed by atoms with E-state index in [9.17, 15) is 18.5 Å². The summed E-state index contributed by atoms with van der Waals surface area (Å²) in [5.41, 5.74) is 0.196. The number of thiazole rings is 1. The van der Waals surface area contributed by atoms with E-state index in [1.807, 2.05) is 0 Å². The van der Waals surface area contributed by atoms with E-state index in [-0.39, 0.29) is 18.2 Å². The third-order valence-electron chi connectivity index (χ3n) is 6.22. The van der Waals surface area contributed by atoms with E-state index in [0.717, 1.165) is 20.4 Å². The van der Waals surface area contributed by atoms with Gasteiger partial charge in [0.1, 0.15) is 11.0 Å². The largest absolute Gasteiger partial charge is 0.410 e. The number of nitrogens with zero attached hydrogens (tertiary/aromatic N) is 3. The molecule has 2 aromatic rings. The van der Waals surface area contributed by atoms with Gasteiger partial charge in [-0.3, -0.25) is 15.0 Å². The lowest BCUT2D eigenvalue weighted by atomic mass is 10.1. The first-order chi connectivity index (χ1) is 16.3. The van der Waals surface area contributed by atoms with Crippen molar-refractivity contribution in [3.63, 3.8) is 0 Å². The summed E-state index contributed by atoms with van der Waals surface area (Å²) >= 11 is 1.38. The van der Waals surface area contributed by atoms with Crippen LogP contribution in [0.1, 0.15) is 42.4 Å². The third-order valence-corrected chi connectivity index (χ3v) is 13.6. The zero-order valence-electron chi connectivity index (χ0n) is 20.6. The number of rotatable bonds is 10. The minimum absolute atomic E-state index is 0.0434. The molecule has 0 amide bonds. The Morgan fingerprint density at radius 3 is 2.69 bits per heavy atom. The summed E-state index contributed by atoms with van der Waals surface area (Å²) in [7, 11) is -6.40. The quantitative estimate of drug-likeness (QED) is 0.202. The second-order valence-electron chi connectivity index (χ2n) is 9.68. The molecule has 1 aliphatic heterocycles. The summed E-state index contributed by atoms with van der Waals surface area (Å²) in [6.07, 6.45) is 1.42. The van der Waals surface area contributed by atoms with Crippen LogP contribution in [0.15, 0.2) is 41.8 Å². The molecule has 1 aromatic heterocycles. The molecule has 1 aliphatic rings. The van der Waals surface area contributed by atoms with E-state index >= 15 is 0 Å². The number of aromatic nitrogens is 1. The van der Waals surface area contributed by atoms with Crippen LogP contribution in [-0.2, 0) is 32.4 Å². The lowest BCUT2D eigenvalue weighted by Crippen LogP contribution is -2.42. The highest BCUT2D eigenvalue weighted by Crippen LogP contribution is 2.40. The molecule has 0 aliphatic carbocycles. The molecule has 3 rings (SSSR count). The number of hydrogen-bond acceptors (Lipinski definition) is 9. The Morgan fingerprint density at radius 1 is 1.37 bits per heavy atom. The van der Waals surface area contributed by atoms with Gasteiger partial charge in [0.25, 0.3) is 15.7 Å². The van der Waals surface area contributed by atoms with Gasteiger partial charge in [-0.25, -0.2) is 13.4 Å². The molecule has 0 bridgehead atoms. The van der Waals surface area contributed by atoms with Crippen molar-refractivity contribution in [1.82, 2.24) is 14.8 Å².